The van der Waals surface area contributed by atoms with Gasteiger partial charge in [0.25, 0.3) is 0 Å². The summed E-state index contributed by atoms with van der Waals surface area (Å²) in [6, 6.07) is 1.46. The van der Waals surface area contributed by atoms with Crippen LogP contribution >= 0.6 is 27.5 Å². The van der Waals surface area contributed by atoms with Gasteiger partial charge < -0.3 is 34.8 Å². The average Bonchev–Trinajstić information content (AvgIpc) is 3.80. The minimum Gasteiger partial charge on any atom is -0.444 e. The van der Waals surface area contributed by atoms with Crippen LogP contribution in [0.1, 0.15) is 78.7 Å². The lowest BCUT2D eigenvalue weighted by atomic mass is 9.98. The summed E-state index contributed by atoms with van der Waals surface area (Å²) in [5.41, 5.74) is 0.0186. The van der Waals surface area contributed by atoms with E-state index in [4.69, 9.17) is 21.1 Å². The number of fused-ring (bicyclic) bond motifs is 1. The molecule has 1 aliphatic carbocycles. The molecule has 5 atom stereocenters. The van der Waals surface area contributed by atoms with E-state index in [9.17, 15) is 24.0 Å². The number of alkyl carbamates (subject to hydrolysis) is 1. The van der Waals surface area contributed by atoms with Crippen molar-refractivity contribution in [1.29, 1.82) is 0 Å². The van der Waals surface area contributed by atoms with E-state index in [0.29, 0.717) is 24.6 Å². The summed E-state index contributed by atoms with van der Waals surface area (Å²) in [4.78, 5) is 74.5. The molecule has 0 radical (unpaired) electrons. The van der Waals surface area contributed by atoms with Gasteiger partial charge in [0.15, 0.2) is 0 Å². The van der Waals surface area contributed by atoms with Gasteiger partial charge in [0.2, 0.25) is 23.6 Å². The first-order valence-electron chi connectivity index (χ1n) is 18.3. The van der Waals surface area contributed by atoms with E-state index in [1.165, 1.54) is 9.80 Å². The zero-order chi connectivity index (χ0) is 38.3. The second kappa shape index (κ2) is 18.2. The van der Waals surface area contributed by atoms with Crippen molar-refractivity contribution in [2.24, 2.45) is 11.8 Å². The van der Waals surface area contributed by atoms with Gasteiger partial charge in [-0.05, 0) is 94.9 Å². The highest BCUT2D eigenvalue weighted by molar-refractivity contribution is 9.10. The molecule has 1 aromatic rings. The molecule has 12 nitrogen and oxygen atoms in total. The summed E-state index contributed by atoms with van der Waals surface area (Å²) < 4.78 is 12.2. The molecule has 14 heteroatoms. The summed E-state index contributed by atoms with van der Waals surface area (Å²) in [6.45, 7) is 10.3. The fourth-order valence-corrected chi connectivity index (χ4v) is 7.38. The Hall–Kier alpha value is -3.16. The Morgan fingerprint density at radius 3 is 2.50 bits per heavy atom. The summed E-state index contributed by atoms with van der Waals surface area (Å²) in [5.74, 6) is -1.61. The fraction of sp³-hybridized carbons (Fsp3) is 0.658. The third kappa shape index (κ3) is 11.4. The molecule has 2 N–H and O–H groups in total. The monoisotopic (exact) mass is 807 g/mol. The lowest BCUT2D eigenvalue weighted by Gasteiger charge is -2.36. The van der Waals surface area contributed by atoms with Gasteiger partial charge in [-0.2, -0.15) is 0 Å². The smallest absolute Gasteiger partial charge is 0.408 e. The normalized spacial score (nSPS) is 25.0. The number of likely N-dealkylation sites (N-methyl/N-ethyl adjacent to an activating group) is 2. The van der Waals surface area contributed by atoms with E-state index in [1.54, 1.807) is 59.2 Å². The van der Waals surface area contributed by atoms with Crippen LogP contribution in [0.15, 0.2) is 34.8 Å². The SMILES string of the molecule is CC(C)C[C@@H]1NC(=O)[C@@H](N(C)C(=O)[C@@H](NC(=O)OC(C)(C)C)C2CC2)C/C=C\COC[C@H]2CCCN2C(=O)[C@H](Cc2cc(Cl)ccc2Br)N(C)C1=O. The average molecular weight is 809 g/mol. The Bertz CT molecular complexity index is 1500. The molecular formula is C38H55BrClN5O7. The Balaban J connectivity index is 1.67. The largest absolute Gasteiger partial charge is 0.444 e. The van der Waals surface area contributed by atoms with Crippen LogP contribution in [0.4, 0.5) is 4.79 Å². The molecule has 5 amide bonds. The number of rotatable bonds is 8. The van der Waals surface area contributed by atoms with E-state index >= 15 is 0 Å². The van der Waals surface area contributed by atoms with Crippen molar-refractivity contribution in [2.75, 3.05) is 33.9 Å². The van der Waals surface area contributed by atoms with Crippen LogP contribution in [-0.2, 0) is 35.1 Å². The lowest BCUT2D eigenvalue weighted by Crippen LogP contribution is -2.60. The molecule has 0 spiro atoms. The molecule has 0 aromatic heterocycles. The highest BCUT2D eigenvalue weighted by Crippen LogP contribution is 2.34. The quantitative estimate of drug-likeness (QED) is 0.349. The maximum Gasteiger partial charge on any atom is 0.408 e. The van der Waals surface area contributed by atoms with Crippen molar-refractivity contribution in [2.45, 2.75) is 115 Å². The zero-order valence-electron chi connectivity index (χ0n) is 31.5. The van der Waals surface area contributed by atoms with Gasteiger partial charge in [0, 0.05) is 36.6 Å². The molecule has 0 unspecified atom stereocenters. The number of nitrogens with one attached hydrogen (secondary N) is 2. The second-order valence-electron chi connectivity index (χ2n) is 15.6. The maximum absolute atomic E-state index is 14.5. The zero-order valence-corrected chi connectivity index (χ0v) is 33.8. The number of amides is 5. The topological polar surface area (TPSA) is 138 Å². The molecule has 3 aliphatic rings. The van der Waals surface area contributed by atoms with E-state index in [1.807, 2.05) is 24.8 Å². The summed E-state index contributed by atoms with van der Waals surface area (Å²) in [6.07, 6.45) is 6.66. The molecular weight excluding hydrogens is 754 g/mol. The third-order valence-electron chi connectivity index (χ3n) is 9.70. The van der Waals surface area contributed by atoms with Crippen molar-refractivity contribution >= 4 is 57.3 Å². The van der Waals surface area contributed by atoms with E-state index in [0.717, 1.165) is 35.7 Å². The van der Waals surface area contributed by atoms with Crippen LogP contribution in [0.25, 0.3) is 0 Å². The van der Waals surface area contributed by atoms with Gasteiger partial charge in [0.1, 0.15) is 29.8 Å². The minimum absolute atomic E-state index is 0.0135. The van der Waals surface area contributed by atoms with Crippen LogP contribution < -0.4 is 10.6 Å². The predicted octanol–water partition coefficient (Wildman–Crippen LogP) is 5.10. The minimum atomic E-state index is -1.00. The van der Waals surface area contributed by atoms with E-state index < -0.39 is 53.6 Å². The van der Waals surface area contributed by atoms with Crippen LogP contribution in [0, 0.1) is 11.8 Å². The first-order chi connectivity index (χ1) is 24.5. The number of ether oxygens (including phenoxy) is 2. The van der Waals surface area contributed by atoms with Crippen molar-refractivity contribution in [3.63, 3.8) is 0 Å². The number of benzene rings is 1. The maximum atomic E-state index is 14.5. The van der Waals surface area contributed by atoms with Gasteiger partial charge in [-0.15, -0.1) is 0 Å². The van der Waals surface area contributed by atoms with Gasteiger partial charge in [0.05, 0.1) is 19.3 Å². The predicted molar refractivity (Wildman–Crippen MR) is 203 cm³/mol. The molecule has 2 heterocycles. The van der Waals surface area contributed by atoms with Crippen LogP contribution in [0.5, 0.6) is 0 Å². The van der Waals surface area contributed by atoms with Gasteiger partial charge in [-0.25, -0.2) is 4.79 Å². The fourth-order valence-electron chi connectivity index (χ4n) is 6.77. The van der Waals surface area contributed by atoms with Crippen molar-refractivity contribution < 1.29 is 33.4 Å². The first kappa shape index (κ1) is 41.6. The molecule has 0 bridgehead atoms. The van der Waals surface area contributed by atoms with Crippen molar-refractivity contribution in [3.8, 4) is 0 Å². The Morgan fingerprint density at radius 1 is 1.13 bits per heavy atom. The van der Waals surface area contributed by atoms with E-state index in [2.05, 4.69) is 26.6 Å². The molecule has 1 saturated carbocycles. The number of carbonyl (C=O) groups is 5. The number of hydrogen-bond acceptors (Lipinski definition) is 7. The second-order valence-corrected chi connectivity index (χ2v) is 16.9. The number of carbonyl (C=O) groups excluding carboxylic acids is 5. The molecule has 1 saturated heterocycles. The van der Waals surface area contributed by atoms with E-state index in [-0.39, 0.29) is 43.2 Å². The Labute approximate surface area is 321 Å². The number of hydrogen-bond donors (Lipinski definition) is 2. The van der Waals surface area contributed by atoms with Crippen LogP contribution in [-0.4, -0.2) is 114 Å². The molecule has 52 heavy (non-hydrogen) atoms. The molecule has 1 aromatic carbocycles. The Kier molecular flexibility index (Phi) is 14.6. The van der Waals surface area contributed by atoms with Crippen molar-refractivity contribution in [1.82, 2.24) is 25.3 Å². The van der Waals surface area contributed by atoms with Crippen molar-refractivity contribution in [3.05, 3.63) is 45.4 Å². The first-order valence-corrected chi connectivity index (χ1v) is 19.4. The molecule has 2 aliphatic heterocycles. The standard InChI is InChI=1S/C38H55BrClN5O7/c1-23(2)19-29-34(47)44(7)31(21-25-20-26(40)15-16-28(25)39)35(48)45-17-10-11-27(45)22-51-18-9-8-12-30(33(46)41-29)43(6)36(49)32(24-13-14-24)42-37(50)52-38(3,4)5/h8-9,15-16,20,23-24,27,29-32H,10-14,17-19,21-22H2,1-7H3,(H,41,46)(H,42,50)/b9-8-/t27-,29+,30+,31+,32+/m1/s1. The molecule has 4 rings (SSSR count). The van der Waals surface area contributed by atoms with Gasteiger partial charge in [-0.3, -0.25) is 19.2 Å². The van der Waals surface area contributed by atoms with Gasteiger partial charge in [-0.1, -0.05) is 53.5 Å². The highest BCUT2D eigenvalue weighted by atomic mass is 79.9. The summed E-state index contributed by atoms with van der Waals surface area (Å²) in [5, 5.41) is 6.21. The molecule has 288 valence electrons. The number of halogens is 2. The highest BCUT2D eigenvalue weighted by Gasteiger charge is 2.43. The molecule has 2 fully saturated rings. The number of nitrogens with zero attached hydrogens (tertiary/aromatic N) is 3. The van der Waals surface area contributed by atoms with Gasteiger partial charge >= 0.3 is 6.09 Å². The third-order valence-corrected chi connectivity index (χ3v) is 10.7. The van der Waals surface area contributed by atoms with Crippen LogP contribution in [0.3, 0.4) is 0 Å². The Morgan fingerprint density at radius 2 is 1.85 bits per heavy atom. The summed E-state index contributed by atoms with van der Waals surface area (Å²) in [7, 11) is 3.14. The van der Waals surface area contributed by atoms with Crippen LogP contribution in [0.2, 0.25) is 5.02 Å². The summed E-state index contributed by atoms with van der Waals surface area (Å²) >= 11 is 9.95. The lowest BCUT2D eigenvalue weighted by molar-refractivity contribution is -0.148.